The normalized spacial score (nSPS) is 17.7. The van der Waals surface area contributed by atoms with Gasteiger partial charge in [-0.1, -0.05) is 56.8 Å². The number of allylic oxidation sites excluding steroid dienone is 4. The fourth-order valence-corrected chi connectivity index (χ4v) is 3.68. The van der Waals surface area contributed by atoms with Crippen LogP contribution in [0.25, 0.3) is 0 Å². The Kier molecular flexibility index (Phi) is 5.92. The van der Waals surface area contributed by atoms with E-state index in [1.807, 2.05) is 29.4 Å². The van der Waals surface area contributed by atoms with Gasteiger partial charge in [-0.25, -0.2) is 8.51 Å². The summed E-state index contributed by atoms with van der Waals surface area (Å²) in [5.41, 5.74) is 3.88. The zero-order chi connectivity index (χ0) is 16.1. The summed E-state index contributed by atoms with van der Waals surface area (Å²) < 4.78 is 14.6. The van der Waals surface area contributed by atoms with E-state index in [-0.39, 0.29) is 0 Å². The van der Waals surface area contributed by atoms with Gasteiger partial charge in [-0.15, -0.1) is 0 Å². The lowest BCUT2D eigenvalue weighted by Gasteiger charge is -2.27. The molecule has 1 aliphatic heterocycles. The summed E-state index contributed by atoms with van der Waals surface area (Å²) in [4.78, 5) is 0.666. The van der Waals surface area contributed by atoms with Crippen LogP contribution in [0.15, 0.2) is 59.6 Å². The molecule has 2 rings (SSSR count). The molecule has 1 aromatic carbocycles. The molecule has 0 saturated heterocycles. The van der Waals surface area contributed by atoms with Crippen molar-refractivity contribution in [2.75, 3.05) is 6.54 Å². The zero-order valence-corrected chi connectivity index (χ0v) is 14.5. The van der Waals surface area contributed by atoms with Crippen molar-refractivity contribution in [3.63, 3.8) is 0 Å². The van der Waals surface area contributed by atoms with Crippen LogP contribution in [0.4, 0.5) is 0 Å². The van der Waals surface area contributed by atoms with Crippen molar-refractivity contribution in [2.24, 2.45) is 5.92 Å². The van der Waals surface area contributed by atoms with Crippen LogP contribution in [0.3, 0.4) is 0 Å². The van der Waals surface area contributed by atoms with Gasteiger partial charge in [0.1, 0.15) is 11.0 Å². The van der Waals surface area contributed by atoms with Crippen LogP contribution in [-0.2, 0) is 24.0 Å². The van der Waals surface area contributed by atoms with Gasteiger partial charge in [0.2, 0.25) is 0 Å². The van der Waals surface area contributed by atoms with Crippen LogP contribution in [0.1, 0.15) is 31.9 Å². The first-order valence-electron chi connectivity index (χ1n) is 7.79. The molecule has 1 unspecified atom stereocenters. The lowest BCUT2D eigenvalue weighted by atomic mass is 10.0. The Hall–Kier alpha value is -1.45. The van der Waals surface area contributed by atoms with Gasteiger partial charge < -0.3 is 0 Å². The molecule has 2 nitrogen and oxygen atoms in total. The monoisotopic (exact) mass is 315 g/mol. The molecule has 0 bridgehead atoms. The van der Waals surface area contributed by atoms with Crippen LogP contribution in [0.2, 0.25) is 0 Å². The second-order valence-corrected chi connectivity index (χ2v) is 7.41. The standard InChI is InChI=1S/C19H25NOS/c1-5-17(15(2)3)11-10-16(4)22(21)20-13-12-18-8-6-7-9-19(18)14-20/h5-11,15H,4,12-14H2,1-3H3/b11-10-,17-5+. The van der Waals surface area contributed by atoms with Gasteiger partial charge in [0.05, 0.1) is 0 Å². The highest BCUT2D eigenvalue weighted by Gasteiger charge is 2.21. The Balaban J connectivity index is 2.04. The first-order valence-corrected chi connectivity index (χ1v) is 8.90. The fraction of sp³-hybridized carbons (Fsp3) is 0.368. The molecule has 0 radical (unpaired) electrons. The minimum Gasteiger partial charge on any atom is -0.237 e. The van der Waals surface area contributed by atoms with Crippen LogP contribution < -0.4 is 0 Å². The maximum Gasteiger partial charge on any atom is 0.127 e. The maximum absolute atomic E-state index is 12.6. The first-order chi connectivity index (χ1) is 10.5. The third-order valence-corrected chi connectivity index (χ3v) is 5.38. The molecule has 3 heteroatoms. The van der Waals surface area contributed by atoms with E-state index < -0.39 is 11.0 Å². The van der Waals surface area contributed by atoms with Crippen molar-refractivity contribution in [3.8, 4) is 0 Å². The third-order valence-electron chi connectivity index (χ3n) is 4.02. The summed E-state index contributed by atoms with van der Waals surface area (Å²) >= 11 is 0. The Morgan fingerprint density at radius 1 is 1.27 bits per heavy atom. The topological polar surface area (TPSA) is 20.3 Å². The Labute approximate surface area is 136 Å². The molecule has 1 heterocycles. The summed E-state index contributed by atoms with van der Waals surface area (Å²) in [6.45, 7) is 11.9. The molecular weight excluding hydrogens is 290 g/mol. The van der Waals surface area contributed by atoms with Gasteiger partial charge >= 0.3 is 0 Å². The molecule has 0 amide bonds. The highest BCUT2D eigenvalue weighted by molar-refractivity contribution is 7.86. The SMILES string of the molecule is C=C(/C=C\C(=C/C)C(C)C)S(=O)N1CCc2ccccc2C1. The first kappa shape index (κ1) is 16.9. The molecule has 0 aromatic heterocycles. The van der Waals surface area contributed by atoms with Gasteiger partial charge in [-0.2, -0.15) is 0 Å². The van der Waals surface area contributed by atoms with E-state index in [1.54, 1.807) is 0 Å². The predicted octanol–water partition coefficient (Wildman–Crippen LogP) is 4.38. The van der Waals surface area contributed by atoms with Gasteiger partial charge in [-0.3, -0.25) is 0 Å². The fourth-order valence-electron chi connectivity index (χ4n) is 2.65. The molecule has 0 aliphatic carbocycles. The second-order valence-electron chi connectivity index (χ2n) is 5.87. The highest BCUT2D eigenvalue weighted by Crippen LogP contribution is 2.22. The Morgan fingerprint density at radius 3 is 2.59 bits per heavy atom. The Morgan fingerprint density at radius 2 is 1.95 bits per heavy atom. The summed E-state index contributed by atoms with van der Waals surface area (Å²) in [6, 6.07) is 8.39. The van der Waals surface area contributed by atoms with Gasteiger partial charge in [0.15, 0.2) is 0 Å². The summed E-state index contributed by atoms with van der Waals surface area (Å²) in [5, 5.41) is 0. The maximum atomic E-state index is 12.6. The molecular formula is C19H25NOS. The van der Waals surface area contributed by atoms with E-state index in [2.05, 4.69) is 44.7 Å². The third kappa shape index (κ3) is 4.05. The lowest BCUT2D eigenvalue weighted by Crippen LogP contribution is -2.32. The number of fused-ring (bicyclic) bond motifs is 1. The molecule has 1 aliphatic rings. The highest BCUT2D eigenvalue weighted by atomic mass is 32.2. The van der Waals surface area contributed by atoms with E-state index in [1.165, 1.54) is 16.7 Å². The van der Waals surface area contributed by atoms with Crippen molar-refractivity contribution < 1.29 is 4.21 Å². The molecule has 1 aromatic rings. The van der Waals surface area contributed by atoms with E-state index in [0.29, 0.717) is 10.8 Å². The molecule has 1 atom stereocenters. The number of rotatable bonds is 5. The van der Waals surface area contributed by atoms with Crippen molar-refractivity contribution in [2.45, 2.75) is 33.7 Å². The molecule has 0 fully saturated rings. The average Bonchev–Trinajstić information content (AvgIpc) is 2.53. The van der Waals surface area contributed by atoms with Crippen molar-refractivity contribution in [3.05, 3.63) is 70.7 Å². The largest absolute Gasteiger partial charge is 0.237 e. The smallest absolute Gasteiger partial charge is 0.127 e. The predicted molar refractivity (Wildman–Crippen MR) is 95.6 cm³/mol. The van der Waals surface area contributed by atoms with Crippen molar-refractivity contribution in [1.82, 2.24) is 4.31 Å². The molecule has 0 N–H and O–H groups in total. The van der Waals surface area contributed by atoms with Gasteiger partial charge in [0.25, 0.3) is 0 Å². The number of nitrogens with zero attached hydrogens (tertiary/aromatic N) is 1. The number of hydrogen-bond acceptors (Lipinski definition) is 1. The summed E-state index contributed by atoms with van der Waals surface area (Å²) in [5.74, 6) is 0.462. The van der Waals surface area contributed by atoms with Crippen LogP contribution in [-0.4, -0.2) is 15.1 Å². The second kappa shape index (κ2) is 7.70. The van der Waals surface area contributed by atoms with E-state index >= 15 is 0 Å². The van der Waals surface area contributed by atoms with E-state index in [4.69, 9.17) is 0 Å². The quantitative estimate of drug-likeness (QED) is 0.738. The minimum absolute atomic E-state index is 0.462. The molecule has 118 valence electrons. The van der Waals surface area contributed by atoms with E-state index in [0.717, 1.165) is 19.5 Å². The number of hydrogen-bond donors (Lipinski definition) is 0. The minimum atomic E-state index is -1.17. The van der Waals surface area contributed by atoms with Crippen LogP contribution >= 0.6 is 0 Å². The van der Waals surface area contributed by atoms with Crippen molar-refractivity contribution >= 4 is 11.0 Å². The van der Waals surface area contributed by atoms with Crippen molar-refractivity contribution in [1.29, 1.82) is 0 Å². The summed E-state index contributed by atoms with van der Waals surface area (Å²) in [7, 11) is -1.17. The lowest BCUT2D eigenvalue weighted by molar-refractivity contribution is 0.424. The molecule has 22 heavy (non-hydrogen) atoms. The summed E-state index contributed by atoms with van der Waals surface area (Å²) in [6.07, 6.45) is 6.97. The van der Waals surface area contributed by atoms with Crippen LogP contribution in [0, 0.1) is 5.92 Å². The van der Waals surface area contributed by atoms with Crippen LogP contribution in [0.5, 0.6) is 0 Å². The zero-order valence-electron chi connectivity index (χ0n) is 13.7. The van der Waals surface area contributed by atoms with Gasteiger partial charge in [0, 0.05) is 18.0 Å². The number of benzene rings is 1. The Bertz CT molecular complexity index is 628. The van der Waals surface area contributed by atoms with E-state index in [9.17, 15) is 4.21 Å². The molecule has 0 spiro atoms. The van der Waals surface area contributed by atoms with Gasteiger partial charge in [-0.05, 0) is 42.0 Å². The average molecular weight is 315 g/mol. The molecule has 0 saturated carbocycles.